The first-order chi connectivity index (χ1) is 12.8. The van der Waals surface area contributed by atoms with Crippen LogP contribution in [0.3, 0.4) is 0 Å². The molecule has 1 aliphatic heterocycles. The smallest absolute Gasteiger partial charge is 0.410 e. The monoisotopic (exact) mass is 382 g/mol. The van der Waals surface area contributed by atoms with Crippen molar-refractivity contribution < 1.29 is 22.7 Å². The average molecular weight is 382 g/mol. The van der Waals surface area contributed by atoms with E-state index in [4.69, 9.17) is 4.74 Å². The fourth-order valence-corrected chi connectivity index (χ4v) is 3.14. The lowest BCUT2D eigenvalue weighted by atomic mass is 9.96. The van der Waals surface area contributed by atoms with Crippen molar-refractivity contribution in [1.82, 2.24) is 15.1 Å². The lowest BCUT2D eigenvalue weighted by molar-refractivity contribution is -0.173. The van der Waals surface area contributed by atoms with Gasteiger partial charge in [-0.15, -0.1) is 0 Å². The molecule has 0 fully saturated rings. The summed E-state index contributed by atoms with van der Waals surface area (Å²) in [6.07, 6.45) is -2.82. The van der Waals surface area contributed by atoms with E-state index in [2.05, 4.69) is 15.7 Å². The predicted octanol–water partition coefficient (Wildman–Crippen LogP) is 3.69. The van der Waals surface area contributed by atoms with Gasteiger partial charge in [-0.05, 0) is 24.1 Å². The molecule has 2 heterocycles. The third kappa shape index (κ3) is 3.86. The van der Waals surface area contributed by atoms with Gasteiger partial charge in [0.25, 0.3) is 5.91 Å². The first kappa shape index (κ1) is 19.1. The van der Waals surface area contributed by atoms with Crippen molar-refractivity contribution in [3.63, 3.8) is 0 Å². The molecular formula is C18H21F3N4O2. The molecule has 1 aromatic heterocycles. The van der Waals surface area contributed by atoms with E-state index in [9.17, 15) is 18.0 Å². The third-order valence-corrected chi connectivity index (χ3v) is 4.51. The van der Waals surface area contributed by atoms with Crippen molar-refractivity contribution in [2.24, 2.45) is 0 Å². The van der Waals surface area contributed by atoms with Crippen LogP contribution in [0.25, 0.3) is 0 Å². The molecule has 0 saturated heterocycles. The number of amides is 1. The Morgan fingerprint density at radius 2 is 2.22 bits per heavy atom. The molecule has 0 unspecified atom stereocenters. The summed E-state index contributed by atoms with van der Waals surface area (Å²) in [5.41, 5.74) is 0.751. The van der Waals surface area contributed by atoms with Crippen molar-refractivity contribution in [1.29, 1.82) is 0 Å². The van der Waals surface area contributed by atoms with Crippen LogP contribution in [0, 0.1) is 0 Å². The first-order valence-corrected chi connectivity index (χ1v) is 8.68. The van der Waals surface area contributed by atoms with Crippen LogP contribution in [-0.4, -0.2) is 35.5 Å². The van der Waals surface area contributed by atoms with Gasteiger partial charge in [0.15, 0.2) is 6.04 Å². The minimum absolute atomic E-state index is 0.0741. The molecule has 0 bridgehead atoms. The number of aromatic nitrogens is 2. The number of alkyl halides is 3. The van der Waals surface area contributed by atoms with Crippen molar-refractivity contribution in [3.05, 3.63) is 41.6 Å². The Kier molecular flexibility index (Phi) is 5.29. The number of carbonyl (C=O) groups is 1. The van der Waals surface area contributed by atoms with Gasteiger partial charge >= 0.3 is 6.18 Å². The molecule has 1 amide bonds. The first-order valence-electron chi connectivity index (χ1n) is 8.68. The molecule has 0 saturated carbocycles. The Balaban J connectivity index is 1.99. The van der Waals surface area contributed by atoms with Gasteiger partial charge < -0.3 is 15.4 Å². The summed E-state index contributed by atoms with van der Waals surface area (Å²) in [5.74, 6) is 0.181. The SMILES string of the molecule is CCCNC(=O)c1cnn2c1N[C@@H](c1cccc(OC)c1)C[C@@H]2C(F)(F)F. The van der Waals surface area contributed by atoms with E-state index < -0.39 is 24.2 Å². The molecule has 6 nitrogen and oxygen atoms in total. The number of halogens is 3. The number of hydrogen-bond donors (Lipinski definition) is 2. The highest BCUT2D eigenvalue weighted by Crippen LogP contribution is 2.44. The van der Waals surface area contributed by atoms with Crippen LogP contribution in [0.2, 0.25) is 0 Å². The van der Waals surface area contributed by atoms with Gasteiger partial charge in [-0.3, -0.25) is 4.79 Å². The largest absolute Gasteiger partial charge is 0.497 e. The maximum absolute atomic E-state index is 13.7. The summed E-state index contributed by atoms with van der Waals surface area (Å²) in [6, 6.07) is 4.41. The Morgan fingerprint density at radius 3 is 2.89 bits per heavy atom. The highest BCUT2D eigenvalue weighted by atomic mass is 19.4. The minimum Gasteiger partial charge on any atom is -0.497 e. The van der Waals surface area contributed by atoms with Gasteiger partial charge in [0.1, 0.15) is 17.1 Å². The Morgan fingerprint density at radius 1 is 1.44 bits per heavy atom. The molecule has 2 atom stereocenters. The van der Waals surface area contributed by atoms with E-state index in [-0.39, 0.29) is 17.8 Å². The van der Waals surface area contributed by atoms with Crippen LogP contribution >= 0.6 is 0 Å². The number of carbonyl (C=O) groups excluding carboxylic acids is 1. The van der Waals surface area contributed by atoms with Crippen LogP contribution in [0.4, 0.5) is 19.0 Å². The summed E-state index contributed by atoms with van der Waals surface area (Å²) in [5, 5.41) is 9.58. The van der Waals surface area contributed by atoms with E-state index in [1.807, 2.05) is 6.92 Å². The fraction of sp³-hybridized carbons (Fsp3) is 0.444. The Labute approximate surface area is 154 Å². The van der Waals surface area contributed by atoms with Crippen molar-refractivity contribution in [2.45, 2.75) is 38.0 Å². The number of hydrogen-bond acceptors (Lipinski definition) is 4. The van der Waals surface area contributed by atoms with Gasteiger partial charge in [-0.25, -0.2) is 4.68 Å². The normalized spacial score (nSPS) is 19.1. The summed E-state index contributed by atoms with van der Waals surface area (Å²) < 4.78 is 47.0. The molecule has 27 heavy (non-hydrogen) atoms. The second kappa shape index (κ2) is 7.50. The van der Waals surface area contributed by atoms with Gasteiger partial charge in [0.2, 0.25) is 0 Å². The Bertz CT molecular complexity index is 819. The molecule has 3 rings (SSSR count). The van der Waals surface area contributed by atoms with Crippen LogP contribution in [0.1, 0.15) is 47.8 Å². The molecule has 0 aliphatic carbocycles. The van der Waals surface area contributed by atoms with E-state index in [1.165, 1.54) is 13.3 Å². The number of nitrogens with zero attached hydrogens (tertiary/aromatic N) is 2. The molecule has 1 aromatic carbocycles. The van der Waals surface area contributed by atoms with Gasteiger partial charge in [0, 0.05) is 13.0 Å². The Hall–Kier alpha value is -2.71. The number of fused-ring (bicyclic) bond motifs is 1. The van der Waals surface area contributed by atoms with Crippen molar-refractivity contribution in [2.75, 3.05) is 19.0 Å². The van der Waals surface area contributed by atoms with Gasteiger partial charge in [0.05, 0.1) is 19.3 Å². The van der Waals surface area contributed by atoms with E-state index in [1.54, 1.807) is 24.3 Å². The highest BCUT2D eigenvalue weighted by Gasteiger charge is 2.47. The van der Waals surface area contributed by atoms with Crippen LogP contribution < -0.4 is 15.4 Å². The number of benzene rings is 1. The van der Waals surface area contributed by atoms with E-state index >= 15 is 0 Å². The zero-order valence-electron chi connectivity index (χ0n) is 15.0. The van der Waals surface area contributed by atoms with Crippen LogP contribution in [0.5, 0.6) is 5.75 Å². The third-order valence-electron chi connectivity index (χ3n) is 4.51. The molecule has 1 aliphatic rings. The summed E-state index contributed by atoms with van der Waals surface area (Å²) in [4.78, 5) is 12.3. The summed E-state index contributed by atoms with van der Waals surface area (Å²) >= 11 is 0. The zero-order valence-corrected chi connectivity index (χ0v) is 15.0. The standard InChI is InChI=1S/C18H21F3N4O2/c1-3-7-22-17(26)13-10-23-25-15(18(19,20)21)9-14(24-16(13)25)11-5-4-6-12(8-11)27-2/h4-6,8,10,14-15,24H,3,7,9H2,1-2H3,(H,22,26)/t14-,15-/m1/s1. The molecule has 0 radical (unpaired) electrons. The second-order valence-corrected chi connectivity index (χ2v) is 6.37. The molecule has 9 heteroatoms. The van der Waals surface area contributed by atoms with Crippen molar-refractivity contribution in [3.8, 4) is 5.75 Å². The topological polar surface area (TPSA) is 68.2 Å². The summed E-state index contributed by atoms with van der Waals surface area (Å²) in [7, 11) is 1.50. The fourth-order valence-electron chi connectivity index (χ4n) is 3.14. The number of anilines is 1. The van der Waals surface area contributed by atoms with Gasteiger partial charge in [-0.1, -0.05) is 19.1 Å². The number of ether oxygens (including phenoxy) is 1. The predicted molar refractivity (Wildman–Crippen MR) is 93.9 cm³/mol. The van der Waals surface area contributed by atoms with E-state index in [0.29, 0.717) is 17.9 Å². The number of methoxy groups -OCH3 is 1. The lowest BCUT2D eigenvalue weighted by Gasteiger charge is -2.34. The minimum atomic E-state index is -4.49. The molecule has 2 aromatic rings. The molecule has 2 N–H and O–H groups in total. The van der Waals surface area contributed by atoms with Crippen molar-refractivity contribution >= 4 is 11.7 Å². The second-order valence-electron chi connectivity index (χ2n) is 6.37. The lowest BCUT2D eigenvalue weighted by Crippen LogP contribution is -2.36. The van der Waals surface area contributed by atoms with Gasteiger partial charge in [-0.2, -0.15) is 18.3 Å². The molecular weight excluding hydrogens is 361 g/mol. The maximum atomic E-state index is 13.7. The van der Waals surface area contributed by atoms with Crippen LogP contribution in [-0.2, 0) is 0 Å². The van der Waals surface area contributed by atoms with E-state index in [0.717, 1.165) is 11.1 Å². The van der Waals surface area contributed by atoms with Crippen LogP contribution in [0.15, 0.2) is 30.5 Å². The average Bonchev–Trinajstić information content (AvgIpc) is 3.08. The quantitative estimate of drug-likeness (QED) is 0.828. The molecule has 146 valence electrons. The zero-order chi connectivity index (χ0) is 19.6. The molecule has 0 spiro atoms. The summed E-state index contributed by atoms with van der Waals surface area (Å²) in [6.45, 7) is 2.33. The maximum Gasteiger partial charge on any atom is 0.410 e. The number of nitrogens with one attached hydrogen (secondary N) is 2. The highest BCUT2D eigenvalue weighted by molar-refractivity contribution is 5.98. The number of rotatable bonds is 5.